The van der Waals surface area contributed by atoms with Crippen LogP contribution in [0.15, 0.2) is 59.6 Å². The molecule has 2 aromatic rings. The Bertz CT molecular complexity index is 532. The van der Waals surface area contributed by atoms with Crippen molar-refractivity contribution in [3.05, 3.63) is 65.7 Å². The van der Waals surface area contributed by atoms with Gasteiger partial charge in [0.15, 0.2) is 5.78 Å². The smallest absolute Gasteiger partial charge is 0.190 e. The zero-order valence-corrected chi connectivity index (χ0v) is 9.65. The average Bonchev–Trinajstić information content (AvgIpc) is 2.85. The molecule has 0 saturated carbocycles. The Morgan fingerprint density at radius 2 is 2.12 bits per heavy atom. The summed E-state index contributed by atoms with van der Waals surface area (Å²) < 4.78 is 4.82. The molecule has 3 nitrogen and oxygen atoms in total. The van der Waals surface area contributed by atoms with E-state index in [0.29, 0.717) is 10.6 Å². The van der Waals surface area contributed by atoms with Crippen LogP contribution in [0.4, 0.5) is 5.69 Å². The zero-order valence-electron chi connectivity index (χ0n) is 8.89. The summed E-state index contributed by atoms with van der Waals surface area (Å²) in [7, 11) is 0. The number of carbonyl (C=O) groups is 1. The van der Waals surface area contributed by atoms with Crippen molar-refractivity contribution in [3.8, 4) is 0 Å². The molecular weight excluding hydrogens is 238 g/mol. The van der Waals surface area contributed by atoms with E-state index in [2.05, 4.69) is 5.32 Å². The van der Waals surface area contributed by atoms with Crippen molar-refractivity contribution in [1.29, 1.82) is 0 Å². The first-order valence-electron chi connectivity index (χ1n) is 5.01. The van der Waals surface area contributed by atoms with Gasteiger partial charge in [0.25, 0.3) is 0 Å². The number of nitrogens with one attached hydrogen (secondary N) is 1. The molecule has 0 spiro atoms. The highest BCUT2D eigenvalue weighted by atomic mass is 35.5. The van der Waals surface area contributed by atoms with Gasteiger partial charge in [0, 0.05) is 12.3 Å². The summed E-state index contributed by atoms with van der Waals surface area (Å²) in [6.45, 7) is 0. The van der Waals surface area contributed by atoms with Crippen molar-refractivity contribution in [2.45, 2.75) is 0 Å². The summed E-state index contributed by atoms with van der Waals surface area (Å²) in [5, 5.41) is 3.55. The standard InChI is InChI=1S/C13H10ClNO2/c14-11-3-1-2-4-12(11)15-7-5-13(16)10-6-8-17-9-10/h1-9,15H/b7-5+. The molecule has 2 rings (SSSR count). The van der Waals surface area contributed by atoms with E-state index < -0.39 is 0 Å². The van der Waals surface area contributed by atoms with E-state index in [1.165, 1.54) is 18.6 Å². The fraction of sp³-hybridized carbons (Fsp3) is 0. The number of carbonyl (C=O) groups excluding carboxylic acids is 1. The Morgan fingerprint density at radius 1 is 1.29 bits per heavy atom. The quantitative estimate of drug-likeness (QED) is 0.661. The van der Waals surface area contributed by atoms with Gasteiger partial charge in [0.1, 0.15) is 6.26 Å². The molecule has 0 fully saturated rings. The molecule has 17 heavy (non-hydrogen) atoms. The first-order chi connectivity index (χ1) is 8.27. The molecule has 0 saturated heterocycles. The van der Waals surface area contributed by atoms with Crippen LogP contribution >= 0.6 is 11.6 Å². The number of hydrogen-bond donors (Lipinski definition) is 1. The van der Waals surface area contributed by atoms with Gasteiger partial charge in [0.2, 0.25) is 0 Å². The van der Waals surface area contributed by atoms with Crippen LogP contribution in [-0.4, -0.2) is 5.78 Å². The minimum absolute atomic E-state index is 0.127. The van der Waals surface area contributed by atoms with Crippen molar-refractivity contribution >= 4 is 23.1 Å². The maximum atomic E-state index is 11.6. The Labute approximate surface area is 104 Å². The number of hydrogen-bond acceptors (Lipinski definition) is 3. The van der Waals surface area contributed by atoms with Gasteiger partial charge < -0.3 is 9.73 Å². The second-order valence-corrected chi connectivity index (χ2v) is 3.74. The molecule has 1 aromatic carbocycles. The minimum Gasteiger partial charge on any atom is -0.472 e. The highest BCUT2D eigenvalue weighted by molar-refractivity contribution is 6.33. The summed E-state index contributed by atoms with van der Waals surface area (Å²) in [5.74, 6) is -0.127. The molecule has 4 heteroatoms. The molecule has 0 bridgehead atoms. The number of rotatable bonds is 4. The van der Waals surface area contributed by atoms with Gasteiger partial charge in [-0.2, -0.15) is 0 Å². The lowest BCUT2D eigenvalue weighted by atomic mass is 10.2. The van der Waals surface area contributed by atoms with E-state index in [4.69, 9.17) is 16.0 Å². The molecule has 0 unspecified atom stereocenters. The lowest BCUT2D eigenvalue weighted by molar-refractivity contribution is 0.104. The van der Waals surface area contributed by atoms with Crippen molar-refractivity contribution in [1.82, 2.24) is 0 Å². The Balaban J connectivity index is 1.99. The van der Waals surface area contributed by atoms with Gasteiger partial charge in [-0.1, -0.05) is 23.7 Å². The molecule has 0 amide bonds. The van der Waals surface area contributed by atoms with Gasteiger partial charge in [-0.25, -0.2) is 0 Å². The maximum absolute atomic E-state index is 11.6. The van der Waals surface area contributed by atoms with Gasteiger partial charge in [0.05, 0.1) is 22.5 Å². The van der Waals surface area contributed by atoms with E-state index in [9.17, 15) is 4.79 Å². The lowest BCUT2D eigenvalue weighted by Gasteiger charge is -2.01. The molecule has 0 radical (unpaired) electrons. The minimum atomic E-state index is -0.127. The van der Waals surface area contributed by atoms with Crippen LogP contribution < -0.4 is 5.32 Å². The molecular formula is C13H10ClNO2. The largest absolute Gasteiger partial charge is 0.472 e. The third-order valence-electron chi connectivity index (χ3n) is 2.15. The molecule has 1 heterocycles. The first kappa shape index (κ1) is 11.5. The lowest BCUT2D eigenvalue weighted by Crippen LogP contribution is -1.94. The normalized spacial score (nSPS) is 10.6. The second kappa shape index (κ2) is 5.37. The molecule has 0 atom stereocenters. The third kappa shape index (κ3) is 2.98. The SMILES string of the molecule is O=C(/C=C/Nc1ccccc1Cl)c1ccoc1. The Kier molecular flexibility index (Phi) is 3.62. The summed E-state index contributed by atoms with van der Waals surface area (Å²) in [6.07, 6.45) is 5.84. The van der Waals surface area contributed by atoms with E-state index in [1.807, 2.05) is 18.2 Å². The zero-order chi connectivity index (χ0) is 12.1. The van der Waals surface area contributed by atoms with Crippen molar-refractivity contribution in [3.63, 3.8) is 0 Å². The Morgan fingerprint density at radius 3 is 2.82 bits per heavy atom. The number of ketones is 1. The van der Waals surface area contributed by atoms with Crippen LogP contribution in [0.1, 0.15) is 10.4 Å². The number of para-hydroxylation sites is 1. The van der Waals surface area contributed by atoms with E-state index in [0.717, 1.165) is 5.69 Å². The van der Waals surface area contributed by atoms with Crippen molar-refractivity contribution in [2.24, 2.45) is 0 Å². The van der Waals surface area contributed by atoms with Gasteiger partial charge in [-0.15, -0.1) is 0 Å². The number of furan rings is 1. The van der Waals surface area contributed by atoms with Gasteiger partial charge >= 0.3 is 0 Å². The average molecular weight is 248 g/mol. The fourth-order valence-electron chi connectivity index (χ4n) is 1.29. The van der Waals surface area contributed by atoms with E-state index in [1.54, 1.807) is 18.3 Å². The van der Waals surface area contributed by atoms with Crippen LogP contribution in [0, 0.1) is 0 Å². The predicted molar refractivity (Wildman–Crippen MR) is 67.3 cm³/mol. The van der Waals surface area contributed by atoms with Crippen LogP contribution in [0.5, 0.6) is 0 Å². The van der Waals surface area contributed by atoms with Crippen molar-refractivity contribution in [2.75, 3.05) is 5.32 Å². The second-order valence-electron chi connectivity index (χ2n) is 3.33. The maximum Gasteiger partial charge on any atom is 0.190 e. The van der Waals surface area contributed by atoms with E-state index in [-0.39, 0.29) is 5.78 Å². The summed E-state index contributed by atoms with van der Waals surface area (Å²) >= 11 is 5.94. The molecule has 0 aliphatic carbocycles. The summed E-state index contributed by atoms with van der Waals surface area (Å²) in [6, 6.07) is 8.92. The molecule has 86 valence electrons. The fourth-order valence-corrected chi connectivity index (χ4v) is 1.48. The third-order valence-corrected chi connectivity index (χ3v) is 2.48. The Hall–Kier alpha value is -2.00. The number of halogens is 1. The van der Waals surface area contributed by atoms with Gasteiger partial charge in [-0.3, -0.25) is 4.79 Å². The number of benzene rings is 1. The van der Waals surface area contributed by atoms with E-state index >= 15 is 0 Å². The molecule has 0 aliphatic rings. The highest BCUT2D eigenvalue weighted by Gasteiger charge is 2.01. The molecule has 1 N–H and O–H groups in total. The highest BCUT2D eigenvalue weighted by Crippen LogP contribution is 2.20. The summed E-state index contributed by atoms with van der Waals surface area (Å²) in [4.78, 5) is 11.6. The number of anilines is 1. The number of allylic oxidation sites excluding steroid dienone is 1. The topological polar surface area (TPSA) is 42.2 Å². The van der Waals surface area contributed by atoms with Crippen LogP contribution in [-0.2, 0) is 0 Å². The van der Waals surface area contributed by atoms with Crippen molar-refractivity contribution < 1.29 is 9.21 Å². The van der Waals surface area contributed by atoms with Crippen LogP contribution in [0.3, 0.4) is 0 Å². The van der Waals surface area contributed by atoms with Gasteiger partial charge in [-0.05, 0) is 18.2 Å². The van der Waals surface area contributed by atoms with Crippen LogP contribution in [0.2, 0.25) is 5.02 Å². The molecule has 1 aromatic heterocycles. The first-order valence-corrected chi connectivity index (χ1v) is 5.39. The molecule has 0 aliphatic heterocycles. The monoisotopic (exact) mass is 247 g/mol. The summed E-state index contributed by atoms with van der Waals surface area (Å²) in [5.41, 5.74) is 1.27. The van der Waals surface area contributed by atoms with Crippen LogP contribution in [0.25, 0.3) is 0 Å². The predicted octanol–water partition coefficient (Wildman–Crippen LogP) is 3.74.